The van der Waals surface area contributed by atoms with E-state index < -0.39 is 10.0 Å². The molecule has 2 aromatic heterocycles. The first-order valence-corrected chi connectivity index (χ1v) is 8.16. The minimum absolute atomic E-state index is 0.211. The van der Waals surface area contributed by atoms with Gasteiger partial charge in [-0.05, 0) is 24.8 Å². The van der Waals surface area contributed by atoms with Gasteiger partial charge in [-0.1, -0.05) is 0 Å². The van der Waals surface area contributed by atoms with E-state index in [0.717, 1.165) is 0 Å². The Morgan fingerprint density at radius 2 is 2.26 bits per heavy atom. The lowest BCUT2D eigenvalue weighted by atomic mass is 10.3. The molecule has 0 bridgehead atoms. The van der Waals surface area contributed by atoms with Crippen molar-refractivity contribution in [2.75, 3.05) is 4.72 Å². The van der Waals surface area contributed by atoms with Crippen LogP contribution < -0.4 is 10.5 Å². The van der Waals surface area contributed by atoms with E-state index >= 15 is 0 Å². The molecule has 0 aliphatic carbocycles. The number of nitrogens with two attached hydrogens (primary N) is 1. The third-order valence-electron chi connectivity index (χ3n) is 2.65. The summed E-state index contributed by atoms with van der Waals surface area (Å²) in [5.41, 5.74) is 6.74. The van der Waals surface area contributed by atoms with E-state index in [1.54, 1.807) is 23.2 Å². The monoisotopic (exact) mass is 300 g/mol. The van der Waals surface area contributed by atoms with E-state index in [1.165, 1.54) is 17.5 Å². The van der Waals surface area contributed by atoms with Crippen LogP contribution in [0, 0.1) is 6.92 Å². The van der Waals surface area contributed by atoms with Gasteiger partial charge in [0.2, 0.25) is 0 Å². The lowest BCUT2D eigenvalue weighted by molar-refractivity contribution is 0.600. The van der Waals surface area contributed by atoms with E-state index in [9.17, 15) is 8.42 Å². The molecule has 0 aliphatic heterocycles. The van der Waals surface area contributed by atoms with Gasteiger partial charge in [0.05, 0.1) is 11.9 Å². The summed E-state index contributed by atoms with van der Waals surface area (Å²) in [4.78, 5) is 0.942. The number of anilines is 1. The quantitative estimate of drug-likeness (QED) is 0.876. The van der Waals surface area contributed by atoms with Gasteiger partial charge in [-0.25, -0.2) is 8.42 Å². The SMILES string of the molecule is CCn1cc(NS(=O)(=O)c2c(C)csc2CN)cn1. The second kappa shape index (κ2) is 5.32. The van der Waals surface area contributed by atoms with Gasteiger partial charge in [0.25, 0.3) is 10.0 Å². The molecule has 2 rings (SSSR count). The average Bonchev–Trinajstić information content (AvgIpc) is 2.95. The third kappa shape index (κ3) is 2.80. The zero-order chi connectivity index (χ0) is 14.0. The van der Waals surface area contributed by atoms with Gasteiger partial charge in [-0.15, -0.1) is 11.3 Å². The van der Waals surface area contributed by atoms with Gasteiger partial charge in [0.15, 0.2) is 0 Å². The van der Waals surface area contributed by atoms with Crippen LogP contribution in [0.2, 0.25) is 0 Å². The van der Waals surface area contributed by atoms with Crippen LogP contribution >= 0.6 is 11.3 Å². The van der Waals surface area contributed by atoms with E-state index in [-0.39, 0.29) is 11.4 Å². The van der Waals surface area contributed by atoms with Crippen molar-refractivity contribution in [2.45, 2.75) is 31.8 Å². The van der Waals surface area contributed by atoms with Crippen LogP contribution in [-0.2, 0) is 23.1 Å². The summed E-state index contributed by atoms with van der Waals surface area (Å²) in [7, 11) is -3.61. The highest BCUT2D eigenvalue weighted by molar-refractivity contribution is 7.93. The molecule has 0 radical (unpaired) electrons. The van der Waals surface area contributed by atoms with Crippen molar-refractivity contribution in [3.63, 3.8) is 0 Å². The normalized spacial score (nSPS) is 11.7. The molecule has 0 unspecified atom stereocenters. The highest BCUT2D eigenvalue weighted by Crippen LogP contribution is 2.28. The third-order valence-corrected chi connectivity index (χ3v) is 5.52. The van der Waals surface area contributed by atoms with Gasteiger partial charge in [-0.2, -0.15) is 5.10 Å². The predicted octanol–water partition coefficient (Wildman–Crippen LogP) is 1.53. The van der Waals surface area contributed by atoms with Crippen molar-refractivity contribution in [3.8, 4) is 0 Å². The van der Waals surface area contributed by atoms with Crippen LogP contribution in [-0.4, -0.2) is 18.2 Å². The molecule has 2 aromatic rings. The first-order valence-electron chi connectivity index (χ1n) is 5.80. The summed E-state index contributed by atoms with van der Waals surface area (Å²) in [6, 6.07) is 0. The Labute approximate surface area is 116 Å². The molecule has 0 atom stereocenters. The number of thiophene rings is 1. The molecular formula is C11H16N4O2S2. The molecule has 0 spiro atoms. The summed E-state index contributed by atoms with van der Waals surface area (Å²) in [5.74, 6) is 0. The van der Waals surface area contributed by atoms with Gasteiger partial charge in [0.1, 0.15) is 4.90 Å². The first kappa shape index (κ1) is 14.0. The van der Waals surface area contributed by atoms with Gasteiger partial charge >= 0.3 is 0 Å². The fraction of sp³-hybridized carbons (Fsp3) is 0.364. The van der Waals surface area contributed by atoms with E-state index in [1.807, 2.05) is 6.92 Å². The molecule has 6 nitrogen and oxygen atoms in total. The molecule has 0 aromatic carbocycles. The lowest BCUT2D eigenvalue weighted by Gasteiger charge is -2.07. The Balaban J connectivity index is 2.34. The van der Waals surface area contributed by atoms with Crippen molar-refractivity contribution < 1.29 is 8.42 Å². The molecule has 0 fully saturated rings. The van der Waals surface area contributed by atoms with Gasteiger partial charge in [-0.3, -0.25) is 9.40 Å². The number of aryl methyl sites for hydroxylation is 2. The van der Waals surface area contributed by atoms with Crippen molar-refractivity contribution in [2.24, 2.45) is 5.73 Å². The van der Waals surface area contributed by atoms with Crippen molar-refractivity contribution in [1.82, 2.24) is 9.78 Å². The largest absolute Gasteiger partial charge is 0.326 e. The molecule has 19 heavy (non-hydrogen) atoms. The van der Waals surface area contributed by atoms with Crippen LogP contribution in [0.15, 0.2) is 22.7 Å². The minimum Gasteiger partial charge on any atom is -0.326 e. The molecule has 3 N–H and O–H groups in total. The molecular weight excluding hydrogens is 284 g/mol. The number of nitrogens with zero attached hydrogens (tertiary/aromatic N) is 2. The summed E-state index contributed by atoms with van der Waals surface area (Å²) in [5, 5.41) is 5.83. The van der Waals surface area contributed by atoms with Crippen LogP contribution in [0.25, 0.3) is 0 Å². The predicted molar refractivity (Wildman–Crippen MR) is 75.7 cm³/mol. The fourth-order valence-electron chi connectivity index (χ4n) is 1.78. The zero-order valence-corrected chi connectivity index (χ0v) is 12.4. The number of aromatic nitrogens is 2. The second-order valence-corrected chi connectivity index (χ2v) is 6.65. The Kier molecular flexibility index (Phi) is 3.93. The molecule has 0 saturated carbocycles. The summed E-state index contributed by atoms with van der Waals surface area (Å²) >= 11 is 1.36. The van der Waals surface area contributed by atoms with Gasteiger partial charge in [0, 0.05) is 24.2 Å². The Bertz CT molecular complexity index is 673. The van der Waals surface area contributed by atoms with Crippen LogP contribution in [0.1, 0.15) is 17.4 Å². The maximum absolute atomic E-state index is 12.4. The molecule has 0 amide bonds. The van der Waals surface area contributed by atoms with Crippen molar-refractivity contribution in [3.05, 3.63) is 28.2 Å². The van der Waals surface area contributed by atoms with E-state index in [0.29, 0.717) is 22.7 Å². The first-order chi connectivity index (χ1) is 8.97. The van der Waals surface area contributed by atoms with Crippen LogP contribution in [0.5, 0.6) is 0 Å². The maximum Gasteiger partial charge on any atom is 0.263 e. The number of hydrogen-bond acceptors (Lipinski definition) is 5. The van der Waals surface area contributed by atoms with Crippen molar-refractivity contribution in [1.29, 1.82) is 0 Å². The minimum atomic E-state index is -3.61. The fourth-order valence-corrected chi connectivity index (χ4v) is 4.52. The Hall–Kier alpha value is -1.38. The second-order valence-electron chi connectivity index (χ2n) is 4.07. The van der Waals surface area contributed by atoms with Crippen molar-refractivity contribution >= 4 is 27.0 Å². The number of rotatable bonds is 5. The Morgan fingerprint density at radius 1 is 1.53 bits per heavy atom. The standard InChI is InChI=1S/C11H16N4O2S2/c1-3-15-6-9(5-13-15)14-19(16,17)11-8(2)7-18-10(11)4-12/h5-7,14H,3-4,12H2,1-2H3. The molecule has 0 saturated heterocycles. The zero-order valence-electron chi connectivity index (χ0n) is 10.8. The maximum atomic E-state index is 12.4. The highest BCUT2D eigenvalue weighted by atomic mass is 32.2. The highest BCUT2D eigenvalue weighted by Gasteiger charge is 2.22. The van der Waals surface area contributed by atoms with Crippen LogP contribution in [0.4, 0.5) is 5.69 Å². The molecule has 2 heterocycles. The molecule has 0 aliphatic rings. The summed E-state index contributed by atoms with van der Waals surface area (Å²) in [6.45, 7) is 4.59. The summed E-state index contributed by atoms with van der Waals surface area (Å²) in [6.07, 6.45) is 3.15. The van der Waals surface area contributed by atoms with E-state index in [4.69, 9.17) is 5.73 Å². The average molecular weight is 300 g/mol. The number of nitrogens with one attached hydrogen (secondary N) is 1. The topological polar surface area (TPSA) is 90.0 Å². The van der Waals surface area contributed by atoms with E-state index in [2.05, 4.69) is 9.82 Å². The molecule has 104 valence electrons. The summed E-state index contributed by atoms with van der Waals surface area (Å²) < 4.78 is 28.9. The Morgan fingerprint density at radius 3 is 2.84 bits per heavy atom. The molecule has 8 heteroatoms. The van der Waals surface area contributed by atoms with Gasteiger partial charge < -0.3 is 5.73 Å². The number of sulfonamides is 1. The lowest BCUT2D eigenvalue weighted by Crippen LogP contribution is -2.15. The number of hydrogen-bond donors (Lipinski definition) is 2. The smallest absolute Gasteiger partial charge is 0.263 e. The van der Waals surface area contributed by atoms with Crippen LogP contribution in [0.3, 0.4) is 0 Å².